The number of nitriles is 1. The maximum atomic E-state index is 14.3. The van der Waals surface area contributed by atoms with Gasteiger partial charge in [-0.1, -0.05) is 13.0 Å². The highest BCUT2D eigenvalue weighted by Gasteiger charge is 2.55. The Labute approximate surface area is 226 Å². The largest absolute Gasteiger partial charge is 0.417 e. The lowest BCUT2D eigenvalue weighted by Gasteiger charge is -2.27. The van der Waals surface area contributed by atoms with Gasteiger partial charge < -0.3 is 10.2 Å². The van der Waals surface area contributed by atoms with Crippen molar-refractivity contribution in [3.8, 4) is 17.2 Å². The Morgan fingerprint density at radius 3 is 2.30 bits per heavy atom. The summed E-state index contributed by atoms with van der Waals surface area (Å²) in [6, 6.07) is 5.22. The van der Waals surface area contributed by atoms with Gasteiger partial charge in [0.15, 0.2) is 9.84 Å². The van der Waals surface area contributed by atoms with Crippen LogP contribution in [-0.4, -0.2) is 48.5 Å². The minimum Gasteiger partial charge on any atom is -0.336 e. The lowest BCUT2D eigenvalue weighted by atomic mass is 10.0. The first-order valence-corrected chi connectivity index (χ1v) is 14.1. The van der Waals surface area contributed by atoms with Crippen LogP contribution in [0.5, 0.6) is 0 Å². The van der Waals surface area contributed by atoms with Gasteiger partial charge in [0, 0.05) is 23.6 Å². The Bertz CT molecular complexity index is 1560. The van der Waals surface area contributed by atoms with Crippen LogP contribution in [0.25, 0.3) is 11.1 Å². The van der Waals surface area contributed by atoms with E-state index in [9.17, 15) is 45.2 Å². The predicted octanol–water partition coefficient (Wildman–Crippen LogP) is 4.37. The summed E-state index contributed by atoms with van der Waals surface area (Å²) < 4.78 is 97.4. The second-order valence-electron chi connectivity index (χ2n) is 11.0. The molecule has 1 aliphatic heterocycles. The van der Waals surface area contributed by atoms with Gasteiger partial charge in [0.25, 0.3) is 0 Å². The van der Waals surface area contributed by atoms with Crippen LogP contribution in [0.1, 0.15) is 44.6 Å². The molecule has 0 bridgehead atoms. The molecule has 212 valence electrons. The van der Waals surface area contributed by atoms with Crippen LogP contribution in [0.2, 0.25) is 0 Å². The molecule has 13 heteroatoms. The van der Waals surface area contributed by atoms with Crippen molar-refractivity contribution in [3.63, 3.8) is 0 Å². The summed E-state index contributed by atoms with van der Waals surface area (Å²) in [6.07, 6.45) is -3.78. The summed E-state index contributed by atoms with van der Waals surface area (Å²) in [6.45, 7) is 1.17. The molecule has 0 spiro atoms. The van der Waals surface area contributed by atoms with Crippen LogP contribution in [-0.2, 0) is 25.6 Å². The number of sulfone groups is 1. The second kappa shape index (κ2) is 9.26. The fourth-order valence-corrected chi connectivity index (χ4v) is 6.91. The van der Waals surface area contributed by atoms with Gasteiger partial charge in [-0.15, -0.1) is 0 Å². The van der Waals surface area contributed by atoms with E-state index in [1.807, 2.05) is 6.07 Å². The zero-order valence-corrected chi connectivity index (χ0v) is 22.0. The molecule has 2 amide bonds. The molecular weight excluding hydrogens is 557 g/mol. The molecule has 1 unspecified atom stereocenters. The van der Waals surface area contributed by atoms with Gasteiger partial charge in [-0.3, -0.25) is 9.59 Å². The number of halogens is 5. The minimum absolute atomic E-state index is 0.308. The molecule has 1 saturated heterocycles. The van der Waals surface area contributed by atoms with E-state index in [4.69, 9.17) is 0 Å². The number of nitrogens with zero attached hydrogens (tertiary/aromatic N) is 2. The molecule has 0 aromatic heterocycles. The van der Waals surface area contributed by atoms with E-state index in [0.29, 0.717) is 43.9 Å². The molecule has 2 saturated carbocycles. The molecule has 5 rings (SSSR count). The monoisotopic (exact) mass is 581 g/mol. The third kappa shape index (κ3) is 4.93. The van der Waals surface area contributed by atoms with Crippen molar-refractivity contribution in [2.75, 3.05) is 6.54 Å². The highest BCUT2D eigenvalue weighted by atomic mass is 32.2. The van der Waals surface area contributed by atoms with E-state index in [0.717, 1.165) is 23.1 Å². The van der Waals surface area contributed by atoms with E-state index in [-0.39, 0.29) is 11.1 Å². The van der Waals surface area contributed by atoms with Gasteiger partial charge in [-0.2, -0.15) is 18.4 Å². The van der Waals surface area contributed by atoms with E-state index in [2.05, 4.69) is 5.32 Å². The number of hydrogen-bond acceptors (Lipinski definition) is 5. The molecule has 3 fully saturated rings. The van der Waals surface area contributed by atoms with E-state index in [1.165, 1.54) is 0 Å². The average molecular weight is 582 g/mol. The third-order valence-corrected chi connectivity index (χ3v) is 10.1. The van der Waals surface area contributed by atoms with Crippen LogP contribution >= 0.6 is 0 Å². The van der Waals surface area contributed by atoms with Crippen LogP contribution in [0.4, 0.5) is 22.0 Å². The van der Waals surface area contributed by atoms with Gasteiger partial charge in [-0.05, 0) is 61.9 Å². The number of carbonyl (C=O) groups is 2. The van der Waals surface area contributed by atoms with E-state index < -0.39 is 85.1 Å². The molecule has 2 aromatic rings. The number of rotatable bonds is 6. The normalized spacial score (nSPS) is 22.9. The van der Waals surface area contributed by atoms with Crippen molar-refractivity contribution >= 4 is 21.7 Å². The number of hydrogen-bond donors (Lipinski definition) is 1. The number of amides is 2. The minimum atomic E-state index is -5.16. The Morgan fingerprint density at radius 1 is 1.07 bits per heavy atom. The number of nitrogens with one attached hydrogen (secondary N) is 1. The first kappa shape index (κ1) is 28.0. The maximum Gasteiger partial charge on any atom is 0.417 e. The molecule has 1 N–H and O–H groups in total. The van der Waals surface area contributed by atoms with Gasteiger partial charge in [0.05, 0.1) is 21.8 Å². The van der Waals surface area contributed by atoms with Gasteiger partial charge in [-0.25, -0.2) is 17.2 Å². The quantitative estimate of drug-likeness (QED) is 0.510. The van der Waals surface area contributed by atoms with Crippen LogP contribution in [0.3, 0.4) is 0 Å². The fourth-order valence-electron chi connectivity index (χ4n) is 5.02. The molecule has 2 aromatic carbocycles. The number of likely N-dealkylation sites (tertiary alicyclic amines) is 1. The average Bonchev–Trinajstić information content (AvgIpc) is 3.78. The predicted molar refractivity (Wildman–Crippen MR) is 131 cm³/mol. The number of carbonyl (C=O) groups excluding carboxylic acids is 2. The first-order valence-electron chi connectivity index (χ1n) is 12.6. The van der Waals surface area contributed by atoms with Crippen molar-refractivity contribution in [2.45, 2.75) is 66.9 Å². The summed E-state index contributed by atoms with van der Waals surface area (Å²) in [4.78, 5) is 26.4. The summed E-state index contributed by atoms with van der Waals surface area (Å²) in [5.74, 6) is -3.25. The number of alkyl halides is 3. The zero-order chi connectivity index (χ0) is 29.3. The molecule has 2 aliphatic carbocycles. The van der Waals surface area contributed by atoms with Gasteiger partial charge >= 0.3 is 6.18 Å². The second-order valence-corrected chi connectivity index (χ2v) is 13.1. The van der Waals surface area contributed by atoms with Crippen molar-refractivity contribution in [1.29, 1.82) is 5.26 Å². The zero-order valence-electron chi connectivity index (χ0n) is 21.2. The van der Waals surface area contributed by atoms with Gasteiger partial charge in [0.1, 0.15) is 23.2 Å². The molecule has 1 heterocycles. The van der Waals surface area contributed by atoms with E-state index >= 15 is 0 Å². The Morgan fingerprint density at radius 2 is 1.75 bits per heavy atom. The maximum absolute atomic E-state index is 14.3. The fraction of sp³-hybridized carbons (Fsp3) is 0.444. The van der Waals surface area contributed by atoms with Gasteiger partial charge in [0.2, 0.25) is 11.8 Å². The Kier molecular flexibility index (Phi) is 6.48. The molecule has 40 heavy (non-hydrogen) atoms. The lowest BCUT2D eigenvalue weighted by molar-refractivity contribution is -0.142. The van der Waals surface area contributed by atoms with Crippen LogP contribution < -0.4 is 5.32 Å². The summed E-state index contributed by atoms with van der Waals surface area (Å²) in [7, 11) is -4.77. The topological polar surface area (TPSA) is 107 Å². The molecule has 3 aliphatic rings. The molecule has 2 atom stereocenters. The highest BCUT2D eigenvalue weighted by molar-refractivity contribution is 7.92. The summed E-state index contributed by atoms with van der Waals surface area (Å²) in [5, 5.41) is 10.4. The van der Waals surface area contributed by atoms with Crippen molar-refractivity contribution in [1.82, 2.24) is 10.2 Å². The molecule has 7 nitrogen and oxygen atoms in total. The van der Waals surface area contributed by atoms with Crippen molar-refractivity contribution in [3.05, 3.63) is 53.6 Å². The SMILES string of the molecule is CC1(C(=O)N2CC(S(=O)(=O)c3ccc(-c4ccc(F)cc4F)cc3C(F)(F)F)C[C@H]2C(=O)NC2(C#N)CC2)CC1. The first-order chi connectivity index (χ1) is 18.6. The third-order valence-electron chi connectivity index (χ3n) is 7.94. The molecule has 0 radical (unpaired) electrons. The smallest absolute Gasteiger partial charge is 0.336 e. The lowest BCUT2D eigenvalue weighted by Crippen LogP contribution is -2.50. The van der Waals surface area contributed by atoms with E-state index in [1.54, 1.807) is 6.92 Å². The summed E-state index contributed by atoms with van der Waals surface area (Å²) in [5.41, 5.74) is -4.09. The van der Waals surface area contributed by atoms with Crippen LogP contribution in [0.15, 0.2) is 41.3 Å². The molecular formula is C27H24F5N3O4S. The van der Waals surface area contributed by atoms with Crippen molar-refractivity contribution in [2.24, 2.45) is 5.41 Å². The number of benzene rings is 2. The standard InChI is InChI=1S/C27H24F5N3O4S/c1-25(6-7-25)24(37)35-13-17(12-21(35)23(36)34-26(14-33)8-9-26)40(38,39)22-5-2-15(10-19(22)27(30,31)32)18-4-3-16(28)11-20(18)29/h2-5,10-11,17,21H,6-9,12-13H2,1H3,(H,34,36)/t17?,21-/m0/s1. The Hall–Kier alpha value is -3.53. The van der Waals surface area contributed by atoms with Crippen LogP contribution in [0, 0.1) is 28.4 Å². The highest BCUT2D eigenvalue weighted by Crippen LogP contribution is 2.48. The summed E-state index contributed by atoms with van der Waals surface area (Å²) >= 11 is 0. The Balaban J connectivity index is 1.51. The van der Waals surface area contributed by atoms with Crippen molar-refractivity contribution < 1.29 is 40.0 Å².